The number of phosphoric acid groups is 2. The average molecular weight is 378 g/mol. The van der Waals surface area contributed by atoms with Crippen LogP contribution in [-0.4, -0.2) is 30.6 Å². The summed E-state index contributed by atoms with van der Waals surface area (Å²) >= 11 is 0. The van der Waals surface area contributed by atoms with Crippen molar-refractivity contribution in [3.05, 3.63) is 0 Å². The van der Waals surface area contributed by atoms with E-state index in [1.807, 2.05) is 0 Å². The Balaban J connectivity index is 0. The molecular formula is C12H28O9P2. The number of unbranched alkanes of at least 4 members (excludes halogenated alkanes) is 8. The molecule has 5 N–H and O–H groups in total. The SMILES string of the molecule is CCCCCCCCCCCC(=O)O.O=P(O)(O)OP(=O)(O)O. The summed E-state index contributed by atoms with van der Waals surface area (Å²) in [5.74, 6) is -0.659. The monoisotopic (exact) mass is 378 g/mol. The maximum absolute atomic E-state index is 10.2. The topological polar surface area (TPSA) is 162 Å². The smallest absolute Gasteiger partial charge is 0.478 e. The van der Waals surface area contributed by atoms with E-state index >= 15 is 0 Å². The van der Waals surface area contributed by atoms with Crippen LogP contribution in [0.15, 0.2) is 0 Å². The van der Waals surface area contributed by atoms with Crippen molar-refractivity contribution in [1.29, 1.82) is 0 Å². The summed E-state index contributed by atoms with van der Waals surface area (Å²) in [6, 6.07) is 0. The summed E-state index contributed by atoms with van der Waals surface area (Å²) in [6.07, 6.45) is 11.5. The second kappa shape index (κ2) is 14.1. The molecular weight excluding hydrogens is 350 g/mol. The summed E-state index contributed by atoms with van der Waals surface area (Å²) in [5.41, 5.74) is 0. The Morgan fingerprint density at radius 3 is 1.39 bits per heavy atom. The van der Waals surface area contributed by atoms with Crippen LogP contribution in [0.5, 0.6) is 0 Å². The number of carbonyl (C=O) groups is 1. The molecule has 9 nitrogen and oxygen atoms in total. The molecule has 0 saturated carbocycles. The van der Waals surface area contributed by atoms with Gasteiger partial charge in [-0.15, -0.1) is 0 Å². The van der Waals surface area contributed by atoms with Crippen LogP contribution in [0, 0.1) is 0 Å². The van der Waals surface area contributed by atoms with Crippen molar-refractivity contribution in [2.75, 3.05) is 0 Å². The summed E-state index contributed by atoms with van der Waals surface area (Å²) in [4.78, 5) is 41.2. The van der Waals surface area contributed by atoms with E-state index in [1.165, 1.54) is 44.9 Å². The van der Waals surface area contributed by atoms with Crippen molar-refractivity contribution in [3.8, 4) is 0 Å². The van der Waals surface area contributed by atoms with Crippen LogP contribution < -0.4 is 0 Å². The molecule has 0 radical (unpaired) electrons. The molecule has 0 aliphatic heterocycles. The first kappa shape index (κ1) is 25.0. The van der Waals surface area contributed by atoms with Gasteiger partial charge in [0.1, 0.15) is 0 Å². The van der Waals surface area contributed by atoms with Gasteiger partial charge in [-0.1, -0.05) is 58.3 Å². The minimum atomic E-state index is -5.05. The van der Waals surface area contributed by atoms with Gasteiger partial charge in [-0.25, -0.2) is 9.13 Å². The quantitative estimate of drug-likeness (QED) is 0.253. The van der Waals surface area contributed by atoms with Crippen molar-refractivity contribution in [2.24, 2.45) is 0 Å². The van der Waals surface area contributed by atoms with E-state index in [4.69, 9.17) is 24.7 Å². The molecule has 0 bridgehead atoms. The third kappa shape index (κ3) is 30.2. The zero-order valence-electron chi connectivity index (χ0n) is 13.3. The zero-order chi connectivity index (χ0) is 18.4. The number of carboxylic acid groups (broad SMARTS) is 1. The first-order chi connectivity index (χ1) is 10.5. The molecule has 0 amide bonds. The van der Waals surface area contributed by atoms with E-state index in [9.17, 15) is 13.9 Å². The number of aliphatic carboxylic acids is 1. The first-order valence-electron chi connectivity index (χ1n) is 7.52. The van der Waals surface area contributed by atoms with Gasteiger partial charge in [-0.05, 0) is 6.42 Å². The predicted octanol–water partition coefficient (Wildman–Crippen LogP) is 3.18. The number of carboxylic acids is 1. The molecule has 0 heterocycles. The normalized spacial score (nSPS) is 11.7. The van der Waals surface area contributed by atoms with Crippen LogP contribution in [0.3, 0.4) is 0 Å². The van der Waals surface area contributed by atoms with E-state index < -0.39 is 21.6 Å². The van der Waals surface area contributed by atoms with Crippen LogP contribution in [0.1, 0.15) is 71.1 Å². The van der Waals surface area contributed by atoms with Crippen LogP contribution in [-0.2, 0) is 18.2 Å². The van der Waals surface area contributed by atoms with Crippen LogP contribution in [0.2, 0.25) is 0 Å². The fraction of sp³-hybridized carbons (Fsp3) is 0.917. The highest BCUT2D eigenvalue weighted by atomic mass is 31.3. The maximum atomic E-state index is 10.2. The molecule has 11 heteroatoms. The summed E-state index contributed by atoms with van der Waals surface area (Å²) in [6.45, 7) is 2.23. The number of hydrogen-bond donors (Lipinski definition) is 5. The lowest BCUT2D eigenvalue weighted by Crippen LogP contribution is -1.93. The Morgan fingerprint density at radius 2 is 1.13 bits per heavy atom. The summed E-state index contributed by atoms with van der Waals surface area (Å²) < 4.78 is 22.2. The Labute approximate surface area is 136 Å². The van der Waals surface area contributed by atoms with Crippen molar-refractivity contribution in [2.45, 2.75) is 71.1 Å². The van der Waals surface area contributed by atoms with Crippen molar-refractivity contribution in [1.82, 2.24) is 0 Å². The summed E-state index contributed by atoms with van der Waals surface area (Å²) in [5, 5.41) is 8.41. The van der Waals surface area contributed by atoms with Crippen molar-refractivity contribution < 1.29 is 42.9 Å². The summed E-state index contributed by atoms with van der Waals surface area (Å²) in [7, 11) is -10.1. The molecule has 0 spiro atoms. The molecule has 0 unspecified atom stereocenters. The van der Waals surface area contributed by atoms with Gasteiger partial charge < -0.3 is 24.7 Å². The van der Waals surface area contributed by atoms with E-state index in [2.05, 4.69) is 11.2 Å². The van der Waals surface area contributed by atoms with E-state index in [0.717, 1.165) is 12.8 Å². The molecule has 0 aromatic carbocycles. The van der Waals surface area contributed by atoms with Gasteiger partial charge in [0.25, 0.3) is 0 Å². The molecule has 0 saturated heterocycles. The molecule has 140 valence electrons. The molecule has 0 aromatic heterocycles. The predicted molar refractivity (Wildman–Crippen MR) is 84.7 cm³/mol. The lowest BCUT2D eigenvalue weighted by Gasteiger charge is -2.03. The third-order valence-corrected chi connectivity index (χ3v) is 4.41. The minimum absolute atomic E-state index is 0.343. The second-order valence-electron chi connectivity index (χ2n) is 5.03. The molecule has 0 aliphatic rings. The average Bonchev–Trinajstić information content (AvgIpc) is 2.33. The first-order valence-corrected chi connectivity index (χ1v) is 10.6. The van der Waals surface area contributed by atoms with Crippen molar-refractivity contribution in [3.63, 3.8) is 0 Å². The highest BCUT2D eigenvalue weighted by Gasteiger charge is 2.27. The standard InChI is InChI=1S/C12H24O2.H4O7P2/c1-2-3-4-5-6-7-8-9-10-11-12(13)14;1-8(2,3)7-9(4,5)6/h2-11H2,1H3,(H,13,14);(H2,1,2,3)(H2,4,5,6). The lowest BCUT2D eigenvalue weighted by molar-refractivity contribution is -0.137. The zero-order valence-corrected chi connectivity index (χ0v) is 15.1. The molecule has 0 aliphatic carbocycles. The lowest BCUT2D eigenvalue weighted by atomic mass is 10.1. The second-order valence-corrected chi connectivity index (χ2v) is 7.65. The van der Waals surface area contributed by atoms with Gasteiger partial charge in [0.2, 0.25) is 0 Å². The molecule has 0 fully saturated rings. The molecule has 0 aromatic rings. The van der Waals surface area contributed by atoms with Crippen LogP contribution in [0.4, 0.5) is 0 Å². The van der Waals surface area contributed by atoms with Gasteiger partial charge in [0.05, 0.1) is 0 Å². The highest BCUT2D eigenvalue weighted by molar-refractivity contribution is 7.60. The Bertz CT molecular complexity index is 368. The van der Waals surface area contributed by atoms with Gasteiger partial charge in [-0.2, -0.15) is 4.31 Å². The van der Waals surface area contributed by atoms with Gasteiger partial charge in [0.15, 0.2) is 0 Å². The maximum Gasteiger partial charge on any atom is 0.478 e. The van der Waals surface area contributed by atoms with Gasteiger partial charge >= 0.3 is 21.6 Å². The Kier molecular flexibility index (Phi) is 15.3. The number of rotatable bonds is 12. The van der Waals surface area contributed by atoms with E-state index in [-0.39, 0.29) is 0 Å². The van der Waals surface area contributed by atoms with Gasteiger partial charge in [0, 0.05) is 6.42 Å². The van der Waals surface area contributed by atoms with Crippen LogP contribution in [0.25, 0.3) is 0 Å². The Morgan fingerprint density at radius 1 is 0.783 bits per heavy atom. The minimum Gasteiger partial charge on any atom is -0.481 e. The fourth-order valence-corrected chi connectivity index (χ4v) is 2.83. The third-order valence-electron chi connectivity index (χ3n) is 2.71. The largest absolute Gasteiger partial charge is 0.481 e. The van der Waals surface area contributed by atoms with Gasteiger partial charge in [-0.3, -0.25) is 4.79 Å². The number of hydrogen-bond acceptors (Lipinski definition) is 4. The Hall–Kier alpha value is -0.270. The van der Waals surface area contributed by atoms with E-state index in [1.54, 1.807) is 0 Å². The molecule has 0 rings (SSSR count). The highest BCUT2D eigenvalue weighted by Crippen LogP contribution is 2.53. The van der Waals surface area contributed by atoms with Crippen molar-refractivity contribution >= 4 is 21.6 Å². The molecule has 23 heavy (non-hydrogen) atoms. The fourth-order valence-electron chi connectivity index (χ4n) is 1.73. The van der Waals surface area contributed by atoms with Crippen LogP contribution >= 0.6 is 15.6 Å². The van der Waals surface area contributed by atoms with E-state index in [0.29, 0.717) is 6.42 Å². The molecule has 0 atom stereocenters.